The third kappa shape index (κ3) is 3.55. The van der Waals surface area contributed by atoms with Crippen molar-refractivity contribution in [3.63, 3.8) is 0 Å². The fourth-order valence-electron chi connectivity index (χ4n) is 7.42. The van der Waals surface area contributed by atoms with Crippen LogP contribution in [-0.4, -0.2) is 19.1 Å². The Morgan fingerprint density at radius 1 is 0.413 bits per heavy atom. The normalized spacial score (nSPS) is 11.9. The number of fused-ring (bicyclic) bond motifs is 9. The second-order valence-electron chi connectivity index (χ2n) is 11.9. The molecule has 10 rings (SSSR count). The van der Waals surface area contributed by atoms with Gasteiger partial charge in [-0.3, -0.25) is 9.97 Å². The average Bonchev–Trinajstić information content (AvgIpc) is 3.65. The summed E-state index contributed by atoms with van der Waals surface area (Å²) in [6.07, 6.45) is 3.51. The molecule has 46 heavy (non-hydrogen) atoms. The summed E-state index contributed by atoms with van der Waals surface area (Å²) in [5.74, 6) is 0. The van der Waals surface area contributed by atoms with Crippen LogP contribution in [0.5, 0.6) is 0 Å². The average molecular weight is 587 g/mol. The number of rotatable bonds is 3. The molecule has 0 fully saturated rings. The van der Waals surface area contributed by atoms with Crippen molar-refractivity contribution in [2.75, 3.05) is 0 Å². The first-order valence-corrected chi connectivity index (χ1v) is 15.6. The number of hydrogen-bond donors (Lipinski definition) is 0. The topological polar surface area (TPSA) is 35.6 Å². The van der Waals surface area contributed by atoms with Crippen molar-refractivity contribution < 1.29 is 0 Å². The highest BCUT2D eigenvalue weighted by Crippen LogP contribution is 2.42. The first kappa shape index (κ1) is 25.1. The highest BCUT2D eigenvalue weighted by atomic mass is 15.0. The van der Waals surface area contributed by atoms with E-state index in [0.29, 0.717) is 0 Å². The maximum absolute atomic E-state index is 4.64. The van der Waals surface area contributed by atoms with E-state index in [1.54, 1.807) is 12.4 Å². The zero-order chi connectivity index (χ0) is 30.2. The Morgan fingerprint density at radius 3 is 2.11 bits per heavy atom. The van der Waals surface area contributed by atoms with Crippen LogP contribution < -0.4 is 0 Å². The molecule has 4 heteroatoms. The Morgan fingerprint density at radius 2 is 1.20 bits per heavy atom. The fraction of sp³-hybridized carbons (Fsp3) is 0. The highest BCUT2D eigenvalue weighted by Gasteiger charge is 2.19. The molecule has 0 spiro atoms. The van der Waals surface area contributed by atoms with Gasteiger partial charge in [-0.05, 0) is 64.9 Å². The summed E-state index contributed by atoms with van der Waals surface area (Å²) in [5, 5.41) is 7.47. The van der Waals surface area contributed by atoms with Gasteiger partial charge in [0.1, 0.15) is 0 Å². The van der Waals surface area contributed by atoms with Crippen LogP contribution in [0.4, 0.5) is 0 Å². The Bertz CT molecular complexity index is 2810. The van der Waals surface area contributed by atoms with E-state index >= 15 is 0 Å². The van der Waals surface area contributed by atoms with Crippen molar-refractivity contribution in [2.45, 2.75) is 0 Å². The first-order chi connectivity index (χ1) is 22.8. The van der Waals surface area contributed by atoms with Gasteiger partial charge in [-0.1, -0.05) is 97.1 Å². The molecule has 3 heterocycles. The van der Waals surface area contributed by atoms with Gasteiger partial charge >= 0.3 is 0 Å². The molecule has 0 saturated heterocycles. The molecule has 0 atom stereocenters. The molecular weight excluding hydrogens is 560 g/mol. The van der Waals surface area contributed by atoms with Crippen molar-refractivity contribution in [1.82, 2.24) is 19.1 Å². The third-order valence-electron chi connectivity index (χ3n) is 9.39. The zero-order valence-corrected chi connectivity index (χ0v) is 24.8. The van der Waals surface area contributed by atoms with Gasteiger partial charge in [-0.25, -0.2) is 0 Å². The lowest BCUT2D eigenvalue weighted by Crippen LogP contribution is -1.96. The van der Waals surface area contributed by atoms with Crippen LogP contribution in [0.25, 0.3) is 87.9 Å². The van der Waals surface area contributed by atoms with Crippen LogP contribution in [0.2, 0.25) is 0 Å². The smallest absolute Gasteiger partial charge is 0.0907 e. The molecule has 0 unspecified atom stereocenters. The number of para-hydroxylation sites is 3. The number of hydrogen-bond acceptors (Lipinski definition) is 2. The van der Waals surface area contributed by atoms with Crippen molar-refractivity contribution in [3.05, 3.63) is 158 Å². The lowest BCUT2D eigenvalue weighted by Gasteiger charge is -2.13. The second-order valence-corrected chi connectivity index (χ2v) is 11.9. The zero-order valence-electron chi connectivity index (χ0n) is 24.8. The quantitative estimate of drug-likeness (QED) is 0.206. The Labute approximate surface area is 264 Å². The summed E-state index contributed by atoms with van der Waals surface area (Å²) in [5.41, 5.74) is 11.1. The molecule has 0 aliphatic heterocycles. The lowest BCUT2D eigenvalue weighted by atomic mass is 9.99. The van der Waals surface area contributed by atoms with E-state index in [1.165, 1.54) is 60.0 Å². The number of nitrogens with zero attached hydrogens (tertiary/aromatic N) is 4. The van der Waals surface area contributed by atoms with Gasteiger partial charge < -0.3 is 9.13 Å². The summed E-state index contributed by atoms with van der Waals surface area (Å²) in [7, 11) is 0. The Hall–Kier alpha value is -6.26. The molecule has 4 nitrogen and oxygen atoms in total. The van der Waals surface area contributed by atoms with Crippen LogP contribution >= 0.6 is 0 Å². The molecule has 0 bridgehead atoms. The Balaban J connectivity index is 1.32. The van der Waals surface area contributed by atoms with E-state index in [2.05, 4.69) is 165 Å². The third-order valence-corrected chi connectivity index (χ3v) is 9.39. The molecule has 0 aliphatic carbocycles. The van der Waals surface area contributed by atoms with Crippen LogP contribution in [0, 0.1) is 0 Å². The number of aromatic nitrogens is 4. The molecule has 0 saturated carbocycles. The van der Waals surface area contributed by atoms with Crippen LogP contribution in [0.3, 0.4) is 0 Å². The molecule has 214 valence electrons. The SMILES string of the molecule is c1ccc(-n2c3ccccc3c3cccc(-c4ccc5c6c7ccccc7ccc6n(-c6ccc7nccnc7c6)c5c4)c32)cc1. The number of benzene rings is 7. The van der Waals surface area contributed by atoms with E-state index in [1.807, 2.05) is 0 Å². The van der Waals surface area contributed by atoms with Gasteiger partial charge in [0.05, 0.1) is 33.1 Å². The van der Waals surface area contributed by atoms with Crippen molar-refractivity contribution in [1.29, 1.82) is 0 Å². The minimum Gasteiger partial charge on any atom is -0.309 e. The van der Waals surface area contributed by atoms with Gasteiger partial charge in [-0.15, -0.1) is 0 Å². The molecule has 10 aromatic rings. The minimum absolute atomic E-state index is 0.879. The summed E-state index contributed by atoms with van der Waals surface area (Å²) < 4.78 is 4.80. The monoisotopic (exact) mass is 586 g/mol. The van der Waals surface area contributed by atoms with E-state index in [4.69, 9.17) is 0 Å². The fourth-order valence-corrected chi connectivity index (χ4v) is 7.42. The standard InChI is InChI=1S/C42H26N4/c1-2-10-29(11-3-1)46-38-16-7-6-13-33(38)34-15-8-14-32(42(34)46)28-17-20-35-40(25-28)45(30-19-21-36-37(26-30)44-24-23-43-36)39-22-18-27-9-4-5-12-31(27)41(35)39/h1-26H. The van der Waals surface area contributed by atoms with Crippen molar-refractivity contribution in [3.8, 4) is 22.5 Å². The summed E-state index contributed by atoms with van der Waals surface area (Å²) in [6, 6.07) is 52.6. The van der Waals surface area contributed by atoms with Gasteiger partial charge in [0.15, 0.2) is 0 Å². The van der Waals surface area contributed by atoms with Gasteiger partial charge in [0.2, 0.25) is 0 Å². The Kier molecular flexibility index (Phi) is 5.25. The molecule has 7 aromatic carbocycles. The van der Waals surface area contributed by atoms with Gasteiger partial charge in [-0.2, -0.15) is 0 Å². The molecule has 3 aromatic heterocycles. The second kappa shape index (κ2) is 9.62. The van der Waals surface area contributed by atoms with Crippen LogP contribution in [-0.2, 0) is 0 Å². The maximum Gasteiger partial charge on any atom is 0.0907 e. The van der Waals surface area contributed by atoms with Crippen molar-refractivity contribution in [2.24, 2.45) is 0 Å². The summed E-state index contributed by atoms with van der Waals surface area (Å²) in [6.45, 7) is 0. The van der Waals surface area contributed by atoms with Gasteiger partial charge in [0.25, 0.3) is 0 Å². The predicted octanol–water partition coefficient (Wildman–Crippen LogP) is 10.6. The predicted molar refractivity (Wildman–Crippen MR) is 191 cm³/mol. The molecule has 0 N–H and O–H groups in total. The molecular formula is C42H26N4. The van der Waals surface area contributed by atoms with E-state index < -0.39 is 0 Å². The van der Waals surface area contributed by atoms with Crippen LogP contribution in [0.15, 0.2) is 158 Å². The van der Waals surface area contributed by atoms with Crippen molar-refractivity contribution >= 4 is 65.4 Å². The van der Waals surface area contributed by atoms with E-state index in [-0.39, 0.29) is 0 Å². The highest BCUT2D eigenvalue weighted by molar-refractivity contribution is 6.22. The minimum atomic E-state index is 0.879. The molecule has 0 aliphatic rings. The lowest BCUT2D eigenvalue weighted by molar-refractivity contribution is 1.17. The first-order valence-electron chi connectivity index (χ1n) is 15.6. The summed E-state index contributed by atoms with van der Waals surface area (Å²) in [4.78, 5) is 9.17. The van der Waals surface area contributed by atoms with E-state index in [0.717, 1.165) is 27.9 Å². The van der Waals surface area contributed by atoms with Crippen LogP contribution in [0.1, 0.15) is 0 Å². The van der Waals surface area contributed by atoms with E-state index in [9.17, 15) is 0 Å². The molecule has 0 amide bonds. The largest absolute Gasteiger partial charge is 0.309 e. The van der Waals surface area contributed by atoms with Gasteiger partial charge in [0, 0.05) is 50.9 Å². The molecule has 0 radical (unpaired) electrons. The maximum atomic E-state index is 4.64. The summed E-state index contributed by atoms with van der Waals surface area (Å²) >= 11 is 0.